The van der Waals surface area contributed by atoms with E-state index in [0.717, 1.165) is 16.9 Å². The molecule has 0 aromatic heterocycles. The van der Waals surface area contributed by atoms with Crippen LogP contribution in [0.15, 0.2) is 42.5 Å². The summed E-state index contributed by atoms with van der Waals surface area (Å²) in [6, 6.07) is 12.8. The molecule has 0 saturated carbocycles. The lowest BCUT2D eigenvalue weighted by atomic mass is 10.0. The molecule has 3 heteroatoms. The molecule has 0 aliphatic carbocycles. The molecule has 1 N–H and O–H groups in total. The monoisotopic (exact) mass is 245 g/mol. The predicted octanol–water partition coefficient (Wildman–Crippen LogP) is 3.22. The summed E-state index contributed by atoms with van der Waals surface area (Å²) in [6.07, 6.45) is 0. The summed E-state index contributed by atoms with van der Waals surface area (Å²) in [5.41, 5.74) is 2.58. The Morgan fingerprint density at radius 1 is 1.17 bits per heavy atom. The molecule has 0 radical (unpaired) electrons. The molecule has 0 amide bonds. The van der Waals surface area contributed by atoms with E-state index in [2.05, 4.69) is 5.32 Å². The molecule has 0 bridgehead atoms. The third-order valence-electron chi connectivity index (χ3n) is 2.83. The number of halogens is 1. The van der Waals surface area contributed by atoms with Gasteiger partial charge in [-0.2, -0.15) is 0 Å². The summed E-state index contributed by atoms with van der Waals surface area (Å²) in [5.74, 6) is 0.600. The summed E-state index contributed by atoms with van der Waals surface area (Å²) in [7, 11) is 3.44. The largest absolute Gasteiger partial charge is 0.496 e. The minimum absolute atomic E-state index is 0.192. The molecule has 18 heavy (non-hydrogen) atoms. The Morgan fingerprint density at radius 2 is 1.94 bits per heavy atom. The summed E-state index contributed by atoms with van der Waals surface area (Å²) in [4.78, 5) is 0. The fourth-order valence-electron chi connectivity index (χ4n) is 1.95. The minimum atomic E-state index is -0.192. The summed E-state index contributed by atoms with van der Waals surface area (Å²) >= 11 is 0. The first-order valence-corrected chi connectivity index (χ1v) is 5.82. The van der Waals surface area contributed by atoms with Gasteiger partial charge in [-0.3, -0.25) is 0 Å². The van der Waals surface area contributed by atoms with Gasteiger partial charge in [0.2, 0.25) is 0 Å². The Balaban J connectivity index is 2.47. The van der Waals surface area contributed by atoms with Crippen LogP contribution in [0.3, 0.4) is 0 Å². The zero-order valence-corrected chi connectivity index (χ0v) is 10.5. The van der Waals surface area contributed by atoms with Gasteiger partial charge >= 0.3 is 0 Å². The number of nitrogens with one attached hydrogen (secondary N) is 1. The van der Waals surface area contributed by atoms with Crippen LogP contribution in [-0.2, 0) is 6.54 Å². The second-order valence-corrected chi connectivity index (χ2v) is 4.04. The second-order valence-electron chi connectivity index (χ2n) is 4.04. The van der Waals surface area contributed by atoms with E-state index in [0.29, 0.717) is 12.1 Å². The van der Waals surface area contributed by atoms with Gasteiger partial charge in [0.25, 0.3) is 0 Å². The molecule has 94 valence electrons. The number of hydrogen-bond donors (Lipinski definition) is 1. The van der Waals surface area contributed by atoms with Crippen molar-refractivity contribution in [2.75, 3.05) is 14.2 Å². The van der Waals surface area contributed by atoms with Gasteiger partial charge in [-0.15, -0.1) is 0 Å². The standard InChI is InChI=1S/C15H16FNO/c1-17-10-12-9-11(7-8-14(12)16)13-5-3-4-6-15(13)18-2/h3-9,17H,10H2,1-2H3. The van der Waals surface area contributed by atoms with Gasteiger partial charge in [0.1, 0.15) is 11.6 Å². The fourth-order valence-corrected chi connectivity index (χ4v) is 1.95. The topological polar surface area (TPSA) is 21.3 Å². The zero-order valence-electron chi connectivity index (χ0n) is 10.5. The molecular weight excluding hydrogens is 229 g/mol. The summed E-state index contributed by atoms with van der Waals surface area (Å²) < 4.78 is 18.9. The van der Waals surface area contributed by atoms with Gasteiger partial charge in [-0.25, -0.2) is 4.39 Å². The molecule has 0 atom stereocenters. The highest BCUT2D eigenvalue weighted by Gasteiger charge is 2.08. The van der Waals surface area contributed by atoms with E-state index in [9.17, 15) is 4.39 Å². The van der Waals surface area contributed by atoms with Crippen molar-refractivity contribution in [3.8, 4) is 16.9 Å². The van der Waals surface area contributed by atoms with E-state index >= 15 is 0 Å². The fraction of sp³-hybridized carbons (Fsp3) is 0.200. The minimum Gasteiger partial charge on any atom is -0.496 e. The maximum atomic E-state index is 13.6. The van der Waals surface area contributed by atoms with Crippen LogP contribution in [0.5, 0.6) is 5.75 Å². The molecule has 0 unspecified atom stereocenters. The van der Waals surface area contributed by atoms with Crippen molar-refractivity contribution in [1.29, 1.82) is 0 Å². The predicted molar refractivity (Wildman–Crippen MR) is 71.2 cm³/mol. The van der Waals surface area contributed by atoms with Crippen LogP contribution in [0.25, 0.3) is 11.1 Å². The van der Waals surface area contributed by atoms with Crippen molar-refractivity contribution in [3.05, 3.63) is 53.8 Å². The van der Waals surface area contributed by atoms with E-state index in [1.54, 1.807) is 20.2 Å². The SMILES string of the molecule is CNCc1cc(-c2ccccc2OC)ccc1F. The number of methoxy groups -OCH3 is 1. The van der Waals surface area contributed by atoms with Gasteiger partial charge in [0.05, 0.1) is 7.11 Å². The maximum Gasteiger partial charge on any atom is 0.127 e. The van der Waals surface area contributed by atoms with Crippen molar-refractivity contribution in [2.24, 2.45) is 0 Å². The quantitative estimate of drug-likeness (QED) is 0.893. The first-order chi connectivity index (χ1) is 8.76. The highest BCUT2D eigenvalue weighted by molar-refractivity contribution is 5.70. The Morgan fingerprint density at radius 3 is 2.67 bits per heavy atom. The first-order valence-electron chi connectivity index (χ1n) is 5.82. The van der Waals surface area contributed by atoms with Crippen LogP contribution < -0.4 is 10.1 Å². The molecule has 0 saturated heterocycles. The van der Waals surface area contributed by atoms with E-state index < -0.39 is 0 Å². The molecular formula is C15H16FNO. The highest BCUT2D eigenvalue weighted by atomic mass is 19.1. The molecule has 0 spiro atoms. The van der Waals surface area contributed by atoms with Crippen LogP contribution in [-0.4, -0.2) is 14.2 Å². The van der Waals surface area contributed by atoms with Crippen LogP contribution in [0, 0.1) is 5.82 Å². The Kier molecular flexibility index (Phi) is 3.95. The number of para-hydroxylation sites is 1. The Bertz CT molecular complexity index is 540. The molecule has 2 nitrogen and oxygen atoms in total. The van der Waals surface area contributed by atoms with Crippen LogP contribution in [0.4, 0.5) is 4.39 Å². The Hall–Kier alpha value is -1.87. The summed E-state index contributed by atoms with van der Waals surface area (Å²) in [5, 5.41) is 2.96. The number of benzene rings is 2. The van der Waals surface area contributed by atoms with E-state index in [1.807, 2.05) is 30.3 Å². The van der Waals surface area contributed by atoms with Gasteiger partial charge < -0.3 is 10.1 Å². The molecule has 2 rings (SSSR count). The average Bonchev–Trinajstić information content (AvgIpc) is 2.41. The lowest BCUT2D eigenvalue weighted by Crippen LogP contribution is -2.07. The van der Waals surface area contributed by atoms with Crippen LogP contribution in [0.2, 0.25) is 0 Å². The van der Waals surface area contributed by atoms with Gasteiger partial charge in [-0.05, 0) is 30.8 Å². The second kappa shape index (κ2) is 5.65. The van der Waals surface area contributed by atoms with Gasteiger partial charge in [0, 0.05) is 17.7 Å². The molecule has 0 aliphatic heterocycles. The lowest BCUT2D eigenvalue weighted by Gasteiger charge is -2.10. The van der Waals surface area contributed by atoms with Crippen molar-refractivity contribution < 1.29 is 9.13 Å². The number of hydrogen-bond acceptors (Lipinski definition) is 2. The zero-order chi connectivity index (χ0) is 13.0. The first kappa shape index (κ1) is 12.6. The normalized spacial score (nSPS) is 10.4. The van der Waals surface area contributed by atoms with Gasteiger partial charge in [-0.1, -0.05) is 24.3 Å². The molecule has 2 aromatic carbocycles. The third kappa shape index (κ3) is 2.51. The van der Waals surface area contributed by atoms with Gasteiger partial charge in [0.15, 0.2) is 0 Å². The number of ether oxygens (including phenoxy) is 1. The van der Waals surface area contributed by atoms with Crippen molar-refractivity contribution >= 4 is 0 Å². The smallest absolute Gasteiger partial charge is 0.127 e. The van der Waals surface area contributed by atoms with Crippen LogP contribution in [0.1, 0.15) is 5.56 Å². The molecule has 0 aliphatic rings. The molecule has 0 fully saturated rings. The average molecular weight is 245 g/mol. The number of rotatable bonds is 4. The molecule has 0 heterocycles. The van der Waals surface area contributed by atoms with Crippen molar-refractivity contribution in [1.82, 2.24) is 5.32 Å². The van der Waals surface area contributed by atoms with E-state index in [-0.39, 0.29) is 5.82 Å². The Labute approximate surface area is 106 Å². The van der Waals surface area contributed by atoms with E-state index in [1.165, 1.54) is 6.07 Å². The third-order valence-corrected chi connectivity index (χ3v) is 2.83. The summed E-state index contributed by atoms with van der Waals surface area (Å²) in [6.45, 7) is 0.509. The van der Waals surface area contributed by atoms with Crippen LogP contribution >= 0.6 is 0 Å². The maximum absolute atomic E-state index is 13.6. The van der Waals surface area contributed by atoms with Crippen molar-refractivity contribution in [2.45, 2.75) is 6.54 Å². The lowest BCUT2D eigenvalue weighted by molar-refractivity contribution is 0.416. The highest BCUT2D eigenvalue weighted by Crippen LogP contribution is 2.30. The molecule has 2 aromatic rings. The van der Waals surface area contributed by atoms with Crippen molar-refractivity contribution in [3.63, 3.8) is 0 Å². The van der Waals surface area contributed by atoms with E-state index in [4.69, 9.17) is 4.74 Å².